The van der Waals surface area contributed by atoms with Gasteiger partial charge in [0, 0.05) is 0 Å². The lowest BCUT2D eigenvalue weighted by Crippen LogP contribution is -2.51. The van der Waals surface area contributed by atoms with Crippen LogP contribution in [-0.4, -0.2) is 35.0 Å². The zero-order chi connectivity index (χ0) is 21.8. The smallest absolute Gasteiger partial charge is 0.335 e. The maximum absolute atomic E-state index is 12.0. The number of amides is 2. The van der Waals surface area contributed by atoms with E-state index in [1.54, 1.807) is 30.3 Å². The van der Waals surface area contributed by atoms with Crippen molar-refractivity contribution in [1.29, 1.82) is 0 Å². The van der Waals surface area contributed by atoms with E-state index < -0.39 is 24.0 Å². The molecule has 0 heterocycles. The van der Waals surface area contributed by atoms with Gasteiger partial charge >= 0.3 is 5.97 Å². The molecular weight excluding hydrogens is 370 g/mol. The molecule has 0 spiro atoms. The number of primary amides is 1. The normalized spacial score (nSPS) is 12.3. The average Bonchev–Trinajstić information content (AvgIpc) is 2.69. The van der Waals surface area contributed by atoms with Crippen LogP contribution < -0.4 is 16.8 Å². The summed E-state index contributed by atoms with van der Waals surface area (Å²) in [7, 11) is 0. The van der Waals surface area contributed by atoms with Gasteiger partial charge in [0.25, 0.3) is 0 Å². The molecule has 2 atom stereocenters. The largest absolute Gasteiger partial charge is 0.478 e. The van der Waals surface area contributed by atoms with Crippen LogP contribution in [0.2, 0.25) is 0 Å². The number of nitrogens with one attached hydrogen (secondary N) is 1. The summed E-state index contributed by atoms with van der Waals surface area (Å²) in [6.07, 6.45) is 0.943. The van der Waals surface area contributed by atoms with Gasteiger partial charge in [-0.05, 0) is 36.5 Å². The Hall–Kier alpha value is -3.19. The summed E-state index contributed by atoms with van der Waals surface area (Å²) in [5.41, 5.74) is 12.5. The van der Waals surface area contributed by atoms with Gasteiger partial charge in [-0.15, -0.1) is 0 Å². The first-order valence-corrected chi connectivity index (χ1v) is 9.38. The van der Waals surface area contributed by atoms with Crippen LogP contribution in [-0.2, 0) is 16.0 Å². The van der Waals surface area contributed by atoms with Gasteiger partial charge in [-0.3, -0.25) is 9.59 Å². The monoisotopic (exact) mass is 399 g/mol. The second kappa shape index (κ2) is 12.3. The minimum atomic E-state index is -0.879. The van der Waals surface area contributed by atoms with E-state index in [0.29, 0.717) is 18.4 Å². The first-order chi connectivity index (χ1) is 13.7. The van der Waals surface area contributed by atoms with Gasteiger partial charge in [0.15, 0.2) is 0 Å². The van der Waals surface area contributed by atoms with Gasteiger partial charge in [-0.2, -0.15) is 0 Å². The van der Waals surface area contributed by atoms with Crippen molar-refractivity contribution in [3.63, 3.8) is 0 Å². The van der Waals surface area contributed by atoms with E-state index in [0.717, 1.165) is 5.56 Å². The SMILES string of the molecule is CC(C)C[C@@H](NC(=O)[C@H](N)Cc1ccccc1)C(N)=O.O=C(O)c1ccccc1. The fourth-order valence-electron chi connectivity index (χ4n) is 2.54. The summed E-state index contributed by atoms with van der Waals surface area (Å²) in [5.74, 6) is -1.49. The third-order valence-corrected chi connectivity index (χ3v) is 4.02. The Kier molecular flexibility index (Phi) is 10.1. The van der Waals surface area contributed by atoms with Crippen LogP contribution in [0.25, 0.3) is 0 Å². The molecule has 7 nitrogen and oxygen atoms in total. The Morgan fingerprint density at radius 2 is 1.48 bits per heavy atom. The van der Waals surface area contributed by atoms with Gasteiger partial charge in [0.2, 0.25) is 11.8 Å². The summed E-state index contributed by atoms with van der Waals surface area (Å²) in [4.78, 5) is 33.5. The summed E-state index contributed by atoms with van der Waals surface area (Å²) >= 11 is 0. The third kappa shape index (κ3) is 9.53. The molecule has 0 unspecified atom stereocenters. The predicted molar refractivity (Wildman–Crippen MR) is 112 cm³/mol. The van der Waals surface area contributed by atoms with Crippen molar-refractivity contribution in [2.45, 2.75) is 38.8 Å². The van der Waals surface area contributed by atoms with Crippen LogP contribution in [0.1, 0.15) is 36.2 Å². The first kappa shape index (κ1) is 23.8. The van der Waals surface area contributed by atoms with Crippen LogP contribution in [0.15, 0.2) is 60.7 Å². The number of hydrogen-bond acceptors (Lipinski definition) is 4. The van der Waals surface area contributed by atoms with E-state index >= 15 is 0 Å². The predicted octanol–water partition coefficient (Wildman–Crippen LogP) is 1.96. The fraction of sp³-hybridized carbons (Fsp3) is 0.318. The topological polar surface area (TPSA) is 136 Å². The number of benzene rings is 2. The van der Waals surface area contributed by atoms with E-state index in [-0.39, 0.29) is 11.8 Å². The number of rotatable bonds is 8. The molecular formula is C22H29N3O4. The number of aromatic carboxylic acids is 1. The number of nitrogens with two attached hydrogens (primary N) is 2. The quantitative estimate of drug-likeness (QED) is 0.538. The molecule has 2 aromatic rings. The summed E-state index contributed by atoms with van der Waals surface area (Å²) in [5, 5.41) is 11.0. The highest BCUT2D eigenvalue weighted by Gasteiger charge is 2.22. The molecule has 0 radical (unpaired) electrons. The van der Waals surface area contributed by atoms with Gasteiger partial charge in [0.1, 0.15) is 6.04 Å². The standard InChI is InChI=1S/C15H23N3O2.C7H6O2/c1-10(2)8-13(14(17)19)18-15(20)12(16)9-11-6-4-3-5-7-11;8-7(9)6-4-2-1-3-5-6/h3-7,10,12-13H,8-9,16H2,1-2H3,(H2,17,19)(H,18,20);1-5H,(H,8,9)/t12-,13-;/m1./s1. The Morgan fingerprint density at radius 3 is 1.90 bits per heavy atom. The number of carboxylic acids is 1. The van der Waals surface area contributed by atoms with Gasteiger partial charge in [-0.1, -0.05) is 62.4 Å². The van der Waals surface area contributed by atoms with Crippen molar-refractivity contribution in [3.05, 3.63) is 71.8 Å². The minimum Gasteiger partial charge on any atom is -0.478 e. The van der Waals surface area contributed by atoms with Crippen molar-refractivity contribution >= 4 is 17.8 Å². The Bertz CT molecular complexity index is 779. The Morgan fingerprint density at radius 1 is 0.966 bits per heavy atom. The zero-order valence-electron chi connectivity index (χ0n) is 16.7. The maximum Gasteiger partial charge on any atom is 0.335 e. The molecule has 0 aliphatic carbocycles. The fourth-order valence-corrected chi connectivity index (χ4v) is 2.54. The van der Waals surface area contributed by atoms with Crippen LogP contribution in [0.3, 0.4) is 0 Å². The Labute approximate surface area is 171 Å². The van der Waals surface area contributed by atoms with Crippen molar-refractivity contribution in [1.82, 2.24) is 5.32 Å². The van der Waals surface area contributed by atoms with E-state index in [4.69, 9.17) is 16.6 Å². The van der Waals surface area contributed by atoms with Crippen LogP contribution >= 0.6 is 0 Å². The van der Waals surface area contributed by atoms with Crippen molar-refractivity contribution in [2.24, 2.45) is 17.4 Å². The number of carbonyl (C=O) groups excluding carboxylic acids is 2. The van der Waals surface area contributed by atoms with Gasteiger partial charge in [-0.25, -0.2) is 4.79 Å². The minimum absolute atomic E-state index is 0.262. The average molecular weight is 399 g/mol. The van der Waals surface area contributed by atoms with Crippen molar-refractivity contribution in [2.75, 3.05) is 0 Å². The van der Waals surface area contributed by atoms with Crippen molar-refractivity contribution in [3.8, 4) is 0 Å². The molecule has 2 rings (SSSR count). The highest BCUT2D eigenvalue weighted by atomic mass is 16.4. The van der Waals surface area contributed by atoms with E-state index in [2.05, 4.69) is 5.32 Å². The number of hydrogen-bond donors (Lipinski definition) is 4. The number of carboxylic acid groups (broad SMARTS) is 1. The highest BCUT2D eigenvalue weighted by Crippen LogP contribution is 2.06. The van der Waals surface area contributed by atoms with E-state index in [1.165, 1.54) is 0 Å². The van der Waals surface area contributed by atoms with E-state index in [1.807, 2.05) is 44.2 Å². The molecule has 2 amide bonds. The molecule has 0 saturated carbocycles. The molecule has 0 aromatic heterocycles. The molecule has 0 fully saturated rings. The molecule has 0 bridgehead atoms. The molecule has 0 aliphatic rings. The lowest BCUT2D eigenvalue weighted by atomic mass is 10.0. The molecule has 7 heteroatoms. The molecule has 29 heavy (non-hydrogen) atoms. The summed E-state index contributed by atoms with van der Waals surface area (Å²) < 4.78 is 0. The van der Waals surface area contributed by atoms with Crippen LogP contribution in [0.4, 0.5) is 0 Å². The number of carbonyl (C=O) groups is 3. The lowest BCUT2D eigenvalue weighted by molar-refractivity contribution is -0.128. The highest BCUT2D eigenvalue weighted by molar-refractivity contribution is 5.89. The first-order valence-electron chi connectivity index (χ1n) is 9.38. The lowest BCUT2D eigenvalue weighted by Gasteiger charge is -2.20. The molecule has 6 N–H and O–H groups in total. The van der Waals surface area contributed by atoms with Crippen LogP contribution in [0.5, 0.6) is 0 Å². The van der Waals surface area contributed by atoms with Gasteiger partial charge in [0.05, 0.1) is 11.6 Å². The molecule has 0 aliphatic heterocycles. The zero-order valence-corrected chi connectivity index (χ0v) is 16.7. The summed E-state index contributed by atoms with van der Waals surface area (Å²) in [6, 6.07) is 16.5. The van der Waals surface area contributed by atoms with E-state index in [9.17, 15) is 14.4 Å². The van der Waals surface area contributed by atoms with Gasteiger partial charge < -0.3 is 21.9 Å². The molecule has 2 aromatic carbocycles. The third-order valence-electron chi connectivity index (χ3n) is 4.02. The second-order valence-electron chi connectivity index (χ2n) is 7.06. The molecule has 0 saturated heterocycles. The van der Waals surface area contributed by atoms with Crippen molar-refractivity contribution < 1.29 is 19.5 Å². The molecule has 156 valence electrons. The maximum atomic E-state index is 12.0. The Balaban J connectivity index is 0.000000387. The van der Waals surface area contributed by atoms with Crippen LogP contribution in [0, 0.1) is 5.92 Å². The second-order valence-corrected chi connectivity index (χ2v) is 7.06. The summed E-state index contributed by atoms with van der Waals surface area (Å²) in [6.45, 7) is 3.93.